The standard InChI is InChI=1S/C23H28N4O4S/c1-15(17-10-13-20-21(14-17)26-23(29)25-20)24-22(28)16-8-11-19(12-9-16)32(30,31)27(2)18-6-4-3-5-7-18/h8-15,18H,3-7H2,1-2H3,(H,24,28)(H2,25,26,29). The summed E-state index contributed by atoms with van der Waals surface area (Å²) in [6.07, 6.45) is 5.03. The second-order valence-electron chi connectivity index (χ2n) is 8.42. The highest BCUT2D eigenvalue weighted by Gasteiger charge is 2.29. The van der Waals surface area contributed by atoms with E-state index in [0.29, 0.717) is 16.6 Å². The summed E-state index contributed by atoms with van der Waals surface area (Å²) in [4.78, 5) is 29.7. The van der Waals surface area contributed by atoms with Gasteiger partial charge in [-0.2, -0.15) is 4.31 Å². The van der Waals surface area contributed by atoms with Crippen LogP contribution in [0.5, 0.6) is 0 Å². The van der Waals surface area contributed by atoms with Crippen LogP contribution in [0.4, 0.5) is 0 Å². The highest BCUT2D eigenvalue weighted by atomic mass is 32.2. The Morgan fingerprint density at radius 1 is 1.03 bits per heavy atom. The van der Waals surface area contributed by atoms with Crippen LogP contribution in [0.2, 0.25) is 0 Å². The number of aromatic amines is 2. The molecule has 1 amide bonds. The molecular formula is C23H28N4O4S. The van der Waals surface area contributed by atoms with Crippen LogP contribution in [0.15, 0.2) is 52.2 Å². The van der Waals surface area contributed by atoms with Crippen LogP contribution in [-0.2, 0) is 10.0 Å². The van der Waals surface area contributed by atoms with Gasteiger partial charge < -0.3 is 15.3 Å². The molecule has 0 bridgehead atoms. The van der Waals surface area contributed by atoms with E-state index in [9.17, 15) is 18.0 Å². The van der Waals surface area contributed by atoms with Gasteiger partial charge in [-0.1, -0.05) is 25.3 Å². The molecule has 1 heterocycles. The molecular weight excluding hydrogens is 428 g/mol. The lowest BCUT2D eigenvalue weighted by Crippen LogP contribution is -2.38. The molecule has 1 aliphatic rings. The Bertz CT molecular complexity index is 1270. The molecule has 0 saturated heterocycles. The lowest BCUT2D eigenvalue weighted by molar-refractivity contribution is 0.0939. The van der Waals surface area contributed by atoms with Gasteiger partial charge in [0.05, 0.1) is 22.0 Å². The summed E-state index contributed by atoms with van der Waals surface area (Å²) in [6, 6.07) is 11.2. The maximum Gasteiger partial charge on any atom is 0.323 e. The minimum absolute atomic E-state index is 0.0323. The number of nitrogens with one attached hydrogen (secondary N) is 3. The van der Waals surface area contributed by atoms with Crippen molar-refractivity contribution >= 4 is 27.0 Å². The Balaban J connectivity index is 1.45. The first kappa shape index (κ1) is 22.3. The molecule has 8 nitrogen and oxygen atoms in total. The molecule has 1 fully saturated rings. The second-order valence-corrected chi connectivity index (χ2v) is 10.4. The Hall–Kier alpha value is -2.91. The number of fused-ring (bicyclic) bond motifs is 1. The Kier molecular flexibility index (Phi) is 6.21. The van der Waals surface area contributed by atoms with Crippen molar-refractivity contribution in [3.8, 4) is 0 Å². The maximum atomic E-state index is 13.0. The number of rotatable bonds is 6. The number of benzene rings is 2. The molecule has 0 radical (unpaired) electrons. The molecule has 1 saturated carbocycles. The zero-order valence-corrected chi connectivity index (χ0v) is 19.0. The van der Waals surface area contributed by atoms with Crippen molar-refractivity contribution < 1.29 is 13.2 Å². The molecule has 1 atom stereocenters. The fourth-order valence-corrected chi connectivity index (χ4v) is 5.68. The van der Waals surface area contributed by atoms with Gasteiger partial charge in [0.1, 0.15) is 0 Å². The van der Waals surface area contributed by atoms with E-state index in [1.54, 1.807) is 13.1 Å². The molecule has 3 N–H and O–H groups in total. The number of aromatic nitrogens is 2. The van der Waals surface area contributed by atoms with E-state index in [2.05, 4.69) is 15.3 Å². The molecule has 0 spiro atoms. The summed E-state index contributed by atoms with van der Waals surface area (Å²) >= 11 is 0. The van der Waals surface area contributed by atoms with Gasteiger partial charge in [0, 0.05) is 18.7 Å². The van der Waals surface area contributed by atoms with Crippen molar-refractivity contribution in [3.05, 3.63) is 64.1 Å². The molecule has 3 aromatic rings. The molecule has 32 heavy (non-hydrogen) atoms. The topological polar surface area (TPSA) is 115 Å². The zero-order valence-electron chi connectivity index (χ0n) is 18.2. The number of hydrogen-bond donors (Lipinski definition) is 3. The van der Waals surface area contributed by atoms with Gasteiger partial charge in [0.2, 0.25) is 10.0 Å². The summed E-state index contributed by atoms with van der Waals surface area (Å²) in [7, 11) is -1.96. The third-order valence-electron chi connectivity index (χ3n) is 6.27. The van der Waals surface area contributed by atoms with Gasteiger partial charge in [0.25, 0.3) is 5.91 Å². The van der Waals surface area contributed by atoms with Crippen molar-refractivity contribution in [1.29, 1.82) is 0 Å². The van der Waals surface area contributed by atoms with Gasteiger partial charge in [0.15, 0.2) is 0 Å². The quantitative estimate of drug-likeness (QED) is 0.528. The van der Waals surface area contributed by atoms with Crippen LogP contribution < -0.4 is 11.0 Å². The van der Waals surface area contributed by atoms with E-state index in [4.69, 9.17) is 0 Å². The van der Waals surface area contributed by atoms with E-state index in [1.165, 1.54) is 28.6 Å². The number of sulfonamides is 1. The normalized spacial score (nSPS) is 16.3. The molecule has 4 rings (SSSR count). The van der Waals surface area contributed by atoms with Gasteiger partial charge >= 0.3 is 5.69 Å². The number of imidazole rings is 1. The van der Waals surface area contributed by atoms with Crippen molar-refractivity contribution in [3.63, 3.8) is 0 Å². The van der Waals surface area contributed by atoms with E-state index in [-0.39, 0.29) is 28.6 Å². The molecule has 0 aliphatic heterocycles. The van der Waals surface area contributed by atoms with Crippen molar-refractivity contribution in [1.82, 2.24) is 19.6 Å². The number of carbonyl (C=O) groups excluding carboxylic acids is 1. The van der Waals surface area contributed by atoms with Crippen LogP contribution in [0.25, 0.3) is 11.0 Å². The SMILES string of the molecule is CC(NC(=O)c1ccc(S(=O)(=O)N(C)C2CCCCC2)cc1)c1ccc2[nH]c(=O)[nH]c2c1. The van der Waals surface area contributed by atoms with Gasteiger partial charge in [-0.3, -0.25) is 4.79 Å². The van der Waals surface area contributed by atoms with E-state index in [1.807, 2.05) is 19.1 Å². The number of amides is 1. The fraction of sp³-hybridized carbons (Fsp3) is 0.391. The van der Waals surface area contributed by atoms with Gasteiger partial charge in [-0.05, 0) is 61.7 Å². The predicted molar refractivity (Wildman–Crippen MR) is 123 cm³/mol. The third-order valence-corrected chi connectivity index (χ3v) is 8.19. The Labute approximate surface area is 187 Å². The minimum Gasteiger partial charge on any atom is -0.346 e. The Morgan fingerprint density at radius 2 is 1.69 bits per heavy atom. The summed E-state index contributed by atoms with van der Waals surface area (Å²) in [5.41, 5.74) is 2.32. The number of carbonyl (C=O) groups is 1. The number of hydrogen-bond acceptors (Lipinski definition) is 4. The van der Waals surface area contributed by atoms with Crippen LogP contribution in [0.3, 0.4) is 0 Å². The summed E-state index contributed by atoms with van der Waals surface area (Å²) in [6.45, 7) is 1.85. The first-order valence-corrected chi connectivity index (χ1v) is 12.3. The highest BCUT2D eigenvalue weighted by molar-refractivity contribution is 7.89. The van der Waals surface area contributed by atoms with E-state index in [0.717, 1.165) is 37.7 Å². The fourth-order valence-electron chi connectivity index (χ4n) is 4.27. The van der Waals surface area contributed by atoms with Gasteiger partial charge in [-0.25, -0.2) is 13.2 Å². The summed E-state index contributed by atoms with van der Waals surface area (Å²) < 4.78 is 27.4. The molecule has 1 aromatic heterocycles. The van der Waals surface area contributed by atoms with Crippen molar-refractivity contribution in [2.45, 2.75) is 56.0 Å². The van der Waals surface area contributed by atoms with E-state index < -0.39 is 10.0 Å². The molecule has 170 valence electrons. The Morgan fingerprint density at radius 3 is 2.38 bits per heavy atom. The average Bonchev–Trinajstić information content (AvgIpc) is 3.18. The lowest BCUT2D eigenvalue weighted by atomic mass is 9.96. The second kappa shape index (κ2) is 8.91. The third kappa shape index (κ3) is 4.49. The van der Waals surface area contributed by atoms with Crippen LogP contribution >= 0.6 is 0 Å². The molecule has 9 heteroatoms. The van der Waals surface area contributed by atoms with Crippen LogP contribution in [0, 0.1) is 0 Å². The first-order chi connectivity index (χ1) is 15.3. The number of H-pyrrole nitrogens is 2. The van der Waals surface area contributed by atoms with Crippen molar-refractivity contribution in [2.75, 3.05) is 7.05 Å². The van der Waals surface area contributed by atoms with E-state index >= 15 is 0 Å². The molecule has 1 unspecified atom stereocenters. The van der Waals surface area contributed by atoms with Crippen LogP contribution in [-0.4, -0.2) is 41.7 Å². The molecule has 2 aromatic carbocycles. The lowest BCUT2D eigenvalue weighted by Gasteiger charge is -2.30. The minimum atomic E-state index is -3.60. The highest BCUT2D eigenvalue weighted by Crippen LogP contribution is 2.26. The summed E-state index contributed by atoms with van der Waals surface area (Å²) in [5.74, 6) is -0.301. The molecule has 1 aliphatic carbocycles. The predicted octanol–water partition coefficient (Wildman–Crippen LogP) is 3.30. The van der Waals surface area contributed by atoms with Crippen molar-refractivity contribution in [2.24, 2.45) is 0 Å². The zero-order chi connectivity index (χ0) is 22.9. The maximum absolute atomic E-state index is 13.0. The summed E-state index contributed by atoms with van der Waals surface area (Å²) in [5, 5.41) is 2.92. The average molecular weight is 457 g/mol. The first-order valence-electron chi connectivity index (χ1n) is 10.9. The monoisotopic (exact) mass is 456 g/mol. The smallest absolute Gasteiger partial charge is 0.323 e. The van der Waals surface area contributed by atoms with Gasteiger partial charge in [-0.15, -0.1) is 0 Å². The van der Waals surface area contributed by atoms with Crippen LogP contribution in [0.1, 0.15) is 61.0 Å². The number of nitrogens with zero attached hydrogens (tertiary/aromatic N) is 1. The largest absolute Gasteiger partial charge is 0.346 e.